The molecule has 0 aromatic carbocycles. The molecule has 0 N–H and O–H groups in total. The van der Waals surface area contributed by atoms with Gasteiger partial charge in [-0.2, -0.15) is 0 Å². The molecule has 0 heteroatoms. The Morgan fingerprint density at radius 2 is 1.61 bits per heavy atom. The number of hydrogen-bond donors (Lipinski definition) is 0. The van der Waals surface area contributed by atoms with E-state index < -0.39 is 0 Å². The van der Waals surface area contributed by atoms with E-state index in [1.807, 2.05) is 0 Å². The third-order valence-electron chi connectivity index (χ3n) is 4.77. The summed E-state index contributed by atoms with van der Waals surface area (Å²) in [5.74, 6) is 2.08. The SMILES string of the molecule is CCCCCCCCC(CC)CC1CC[CH]CC1. The molecular formula is C18H35. The molecule has 0 saturated heterocycles. The van der Waals surface area contributed by atoms with Gasteiger partial charge in [-0.3, -0.25) is 0 Å². The maximum Gasteiger partial charge on any atom is -0.0386 e. The van der Waals surface area contributed by atoms with Crippen molar-refractivity contribution in [1.82, 2.24) is 0 Å². The lowest BCUT2D eigenvalue weighted by Crippen LogP contribution is -2.12. The summed E-state index contributed by atoms with van der Waals surface area (Å²) < 4.78 is 0. The van der Waals surface area contributed by atoms with Gasteiger partial charge in [-0.1, -0.05) is 78.1 Å². The average molecular weight is 251 g/mol. The van der Waals surface area contributed by atoms with E-state index in [0.29, 0.717) is 0 Å². The lowest BCUT2D eigenvalue weighted by atomic mass is 9.80. The van der Waals surface area contributed by atoms with Crippen LogP contribution < -0.4 is 0 Å². The first-order valence-electron chi connectivity index (χ1n) is 8.68. The highest BCUT2D eigenvalue weighted by atomic mass is 14.2. The van der Waals surface area contributed by atoms with Crippen LogP contribution in [0.25, 0.3) is 0 Å². The summed E-state index contributed by atoms with van der Waals surface area (Å²) in [7, 11) is 0. The Bertz CT molecular complexity index is 167. The zero-order valence-electron chi connectivity index (χ0n) is 12.9. The fourth-order valence-corrected chi connectivity index (χ4v) is 3.40. The lowest BCUT2D eigenvalue weighted by molar-refractivity contribution is 0.290. The van der Waals surface area contributed by atoms with Crippen LogP contribution in [0.1, 0.15) is 97.3 Å². The van der Waals surface area contributed by atoms with Crippen LogP contribution in [-0.2, 0) is 0 Å². The van der Waals surface area contributed by atoms with Crippen molar-refractivity contribution in [3.05, 3.63) is 6.42 Å². The minimum absolute atomic E-state index is 1.03. The molecule has 1 saturated carbocycles. The van der Waals surface area contributed by atoms with Gasteiger partial charge >= 0.3 is 0 Å². The summed E-state index contributed by atoms with van der Waals surface area (Å²) in [6, 6.07) is 0. The van der Waals surface area contributed by atoms with Crippen LogP contribution in [0.4, 0.5) is 0 Å². The Labute approximate surface area is 116 Å². The van der Waals surface area contributed by atoms with Gasteiger partial charge in [-0.15, -0.1) is 0 Å². The Kier molecular flexibility index (Phi) is 9.70. The van der Waals surface area contributed by atoms with E-state index in [1.165, 1.54) is 83.5 Å². The third kappa shape index (κ3) is 7.44. The maximum absolute atomic E-state index is 2.49. The second-order valence-corrected chi connectivity index (χ2v) is 6.38. The van der Waals surface area contributed by atoms with Crippen LogP contribution in [-0.4, -0.2) is 0 Å². The molecule has 1 aliphatic rings. The largest absolute Gasteiger partial charge is 0.0654 e. The van der Waals surface area contributed by atoms with Gasteiger partial charge in [0, 0.05) is 0 Å². The molecule has 0 spiro atoms. The quantitative estimate of drug-likeness (QED) is 0.386. The number of unbranched alkanes of at least 4 members (excludes halogenated alkanes) is 5. The highest BCUT2D eigenvalue weighted by Crippen LogP contribution is 2.31. The minimum Gasteiger partial charge on any atom is -0.0654 e. The Morgan fingerprint density at radius 1 is 0.944 bits per heavy atom. The molecule has 18 heavy (non-hydrogen) atoms. The van der Waals surface area contributed by atoms with Crippen molar-refractivity contribution in [2.45, 2.75) is 97.3 Å². The van der Waals surface area contributed by atoms with Crippen molar-refractivity contribution < 1.29 is 0 Å². The van der Waals surface area contributed by atoms with Crippen molar-refractivity contribution in [3.63, 3.8) is 0 Å². The van der Waals surface area contributed by atoms with Gasteiger partial charge in [-0.05, 0) is 37.5 Å². The smallest absolute Gasteiger partial charge is 0.0386 e. The molecule has 0 bridgehead atoms. The molecule has 1 aliphatic carbocycles. The lowest BCUT2D eigenvalue weighted by Gasteiger charge is -2.25. The molecule has 0 heterocycles. The summed E-state index contributed by atoms with van der Waals surface area (Å²) in [6.45, 7) is 4.70. The Balaban J connectivity index is 2.01. The molecule has 107 valence electrons. The number of hydrogen-bond acceptors (Lipinski definition) is 0. The normalized spacial score (nSPS) is 19.0. The van der Waals surface area contributed by atoms with E-state index >= 15 is 0 Å². The summed E-state index contributed by atoms with van der Waals surface area (Å²) in [6.07, 6.45) is 21.4. The van der Waals surface area contributed by atoms with Gasteiger partial charge in [0.15, 0.2) is 0 Å². The first-order valence-corrected chi connectivity index (χ1v) is 8.68. The molecule has 0 amide bonds. The number of rotatable bonds is 10. The van der Waals surface area contributed by atoms with Crippen LogP contribution in [0, 0.1) is 18.3 Å². The Hall–Kier alpha value is 0. The van der Waals surface area contributed by atoms with Gasteiger partial charge in [0.05, 0.1) is 0 Å². The second-order valence-electron chi connectivity index (χ2n) is 6.38. The van der Waals surface area contributed by atoms with E-state index in [9.17, 15) is 0 Å². The highest BCUT2D eigenvalue weighted by Gasteiger charge is 2.17. The van der Waals surface area contributed by atoms with Crippen LogP contribution in [0.15, 0.2) is 0 Å². The predicted molar refractivity (Wildman–Crippen MR) is 82.6 cm³/mol. The van der Waals surface area contributed by atoms with Crippen molar-refractivity contribution in [2.75, 3.05) is 0 Å². The standard InChI is InChI=1S/C18H35/c1-3-5-6-7-8-10-13-17(4-2)16-18-14-11-9-12-15-18/h9,17-18H,3-8,10-16H2,1-2H3. The monoisotopic (exact) mass is 251 g/mol. The fraction of sp³-hybridized carbons (Fsp3) is 0.944. The van der Waals surface area contributed by atoms with Gasteiger partial charge in [-0.25, -0.2) is 0 Å². The second kappa shape index (κ2) is 10.9. The predicted octanol–water partition coefficient (Wildman–Crippen LogP) is 6.55. The fourth-order valence-electron chi connectivity index (χ4n) is 3.40. The summed E-state index contributed by atoms with van der Waals surface area (Å²) in [5, 5.41) is 0. The van der Waals surface area contributed by atoms with Crippen LogP contribution in [0.2, 0.25) is 0 Å². The van der Waals surface area contributed by atoms with Gasteiger partial charge in [0.2, 0.25) is 0 Å². The van der Waals surface area contributed by atoms with Crippen LogP contribution in [0.5, 0.6) is 0 Å². The summed E-state index contributed by atoms with van der Waals surface area (Å²) in [4.78, 5) is 0. The van der Waals surface area contributed by atoms with Crippen molar-refractivity contribution in [3.8, 4) is 0 Å². The summed E-state index contributed by atoms with van der Waals surface area (Å²) >= 11 is 0. The zero-order valence-corrected chi connectivity index (χ0v) is 12.9. The third-order valence-corrected chi connectivity index (χ3v) is 4.77. The Morgan fingerprint density at radius 3 is 2.28 bits per heavy atom. The average Bonchev–Trinajstić information content (AvgIpc) is 2.42. The maximum atomic E-state index is 2.49. The van der Waals surface area contributed by atoms with E-state index in [0.717, 1.165) is 11.8 Å². The van der Waals surface area contributed by atoms with Crippen LogP contribution >= 0.6 is 0 Å². The molecular weight excluding hydrogens is 216 g/mol. The molecule has 1 atom stereocenters. The van der Waals surface area contributed by atoms with Gasteiger partial charge in [0.25, 0.3) is 0 Å². The van der Waals surface area contributed by atoms with Crippen LogP contribution in [0.3, 0.4) is 0 Å². The van der Waals surface area contributed by atoms with Crippen molar-refractivity contribution in [1.29, 1.82) is 0 Å². The summed E-state index contributed by atoms with van der Waals surface area (Å²) in [5.41, 5.74) is 0. The van der Waals surface area contributed by atoms with E-state index in [2.05, 4.69) is 20.3 Å². The van der Waals surface area contributed by atoms with Crippen molar-refractivity contribution >= 4 is 0 Å². The van der Waals surface area contributed by atoms with Crippen molar-refractivity contribution in [2.24, 2.45) is 11.8 Å². The molecule has 1 rings (SSSR count). The molecule has 1 fully saturated rings. The molecule has 1 unspecified atom stereocenters. The minimum atomic E-state index is 1.03. The zero-order chi connectivity index (χ0) is 13.1. The first-order chi connectivity index (χ1) is 8.86. The molecule has 0 aromatic rings. The first kappa shape index (κ1) is 16.1. The molecule has 0 nitrogen and oxygen atoms in total. The van der Waals surface area contributed by atoms with E-state index in [1.54, 1.807) is 0 Å². The molecule has 0 aromatic heterocycles. The van der Waals surface area contributed by atoms with E-state index in [4.69, 9.17) is 0 Å². The topological polar surface area (TPSA) is 0 Å². The molecule has 1 radical (unpaired) electrons. The van der Waals surface area contributed by atoms with E-state index in [-0.39, 0.29) is 0 Å². The molecule has 0 aliphatic heterocycles. The van der Waals surface area contributed by atoms with Gasteiger partial charge in [0.1, 0.15) is 0 Å². The highest BCUT2D eigenvalue weighted by molar-refractivity contribution is 4.78. The van der Waals surface area contributed by atoms with Gasteiger partial charge < -0.3 is 0 Å².